The molecule has 0 radical (unpaired) electrons. The Morgan fingerprint density at radius 2 is 1.79 bits per heavy atom. The molecule has 3 rings (SSSR count). The number of hydrogen-bond acceptors (Lipinski definition) is 4. The predicted molar refractivity (Wildman–Crippen MR) is 109 cm³/mol. The minimum atomic E-state index is -0.148. The number of hydrogen-bond donors (Lipinski definition) is 3. The zero-order valence-electron chi connectivity index (χ0n) is 15.9. The SMILES string of the molecule is N=C(N)c1cccc(OCCNC(=O)c2ccc(OC3CCCCC3)cc2)c1. The van der Waals surface area contributed by atoms with Gasteiger partial charge in [-0.2, -0.15) is 0 Å². The lowest BCUT2D eigenvalue weighted by atomic mass is 9.98. The van der Waals surface area contributed by atoms with E-state index < -0.39 is 0 Å². The molecule has 2 aromatic rings. The molecule has 148 valence electrons. The molecule has 0 aromatic heterocycles. The number of nitrogens with one attached hydrogen (secondary N) is 2. The van der Waals surface area contributed by atoms with Crippen molar-refractivity contribution in [3.05, 3.63) is 59.7 Å². The van der Waals surface area contributed by atoms with Crippen molar-refractivity contribution >= 4 is 11.7 Å². The Kier molecular flexibility index (Phi) is 6.89. The number of amides is 1. The van der Waals surface area contributed by atoms with Gasteiger partial charge in [0.1, 0.15) is 23.9 Å². The molecule has 28 heavy (non-hydrogen) atoms. The van der Waals surface area contributed by atoms with Crippen LogP contribution in [0.2, 0.25) is 0 Å². The van der Waals surface area contributed by atoms with Gasteiger partial charge in [-0.05, 0) is 62.1 Å². The number of benzene rings is 2. The van der Waals surface area contributed by atoms with Gasteiger partial charge in [-0.25, -0.2) is 0 Å². The Balaban J connectivity index is 1.42. The Morgan fingerprint density at radius 1 is 1.04 bits per heavy atom. The smallest absolute Gasteiger partial charge is 0.251 e. The van der Waals surface area contributed by atoms with E-state index in [1.165, 1.54) is 19.3 Å². The number of amidine groups is 1. The van der Waals surface area contributed by atoms with E-state index in [9.17, 15) is 4.79 Å². The average Bonchev–Trinajstić information content (AvgIpc) is 2.72. The van der Waals surface area contributed by atoms with Crippen molar-refractivity contribution in [2.75, 3.05) is 13.2 Å². The minimum absolute atomic E-state index is 0.00494. The number of nitrogens with two attached hydrogens (primary N) is 1. The Morgan fingerprint density at radius 3 is 2.50 bits per heavy atom. The summed E-state index contributed by atoms with van der Waals surface area (Å²) in [6.07, 6.45) is 6.27. The van der Waals surface area contributed by atoms with Crippen molar-refractivity contribution < 1.29 is 14.3 Å². The monoisotopic (exact) mass is 381 g/mol. The highest BCUT2D eigenvalue weighted by atomic mass is 16.5. The number of carbonyl (C=O) groups is 1. The topological polar surface area (TPSA) is 97.4 Å². The summed E-state index contributed by atoms with van der Waals surface area (Å²) in [5, 5.41) is 10.3. The van der Waals surface area contributed by atoms with E-state index in [2.05, 4.69) is 5.32 Å². The minimum Gasteiger partial charge on any atom is -0.492 e. The molecule has 0 heterocycles. The first-order valence-corrected chi connectivity index (χ1v) is 9.74. The Hall–Kier alpha value is -3.02. The van der Waals surface area contributed by atoms with E-state index in [1.807, 2.05) is 12.1 Å². The number of nitrogen functional groups attached to an aromatic ring is 1. The molecule has 1 amide bonds. The maximum Gasteiger partial charge on any atom is 0.251 e. The van der Waals surface area contributed by atoms with E-state index in [-0.39, 0.29) is 11.7 Å². The molecule has 0 bridgehead atoms. The Labute approximate surface area is 165 Å². The Bertz CT molecular complexity index is 799. The van der Waals surface area contributed by atoms with Crippen LogP contribution in [-0.2, 0) is 0 Å². The first kappa shape index (κ1) is 19.7. The van der Waals surface area contributed by atoms with Crippen LogP contribution in [-0.4, -0.2) is 31.0 Å². The third-order valence-electron chi connectivity index (χ3n) is 4.77. The zero-order chi connectivity index (χ0) is 19.8. The second kappa shape index (κ2) is 9.78. The van der Waals surface area contributed by atoms with Gasteiger partial charge in [-0.1, -0.05) is 18.6 Å². The van der Waals surface area contributed by atoms with Crippen LogP contribution in [0.1, 0.15) is 48.0 Å². The highest BCUT2D eigenvalue weighted by Crippen LogP contribution is 2.23. The quantitative estimate of drug-likeness (QED) is 0.370. The lowest BCUT2D eigenvalue weighted by Crippen LogP contribution is -2.28. The highest BCUT2D eigenvalue weighted by Gasteiger charge is 2.15. The van der Waals surface area contributed by atoms with Crippen LogP contribution in [0.15, 0.2) is 48.5 Å². The van der Waals surface area contributed by atoms with Crippen molar-refractivity contribution in [2.24, 2.45) is 5.73 Å². The summed E-state index contributed by atoms with van der Waals surface area (Å²) in [7, 11) is 0. The van der Waals surface area contributed by atoms with Gasteiger partial charge >= 0.3 is 0 Å². The largest absolute Gasteiger partial charge is 0.492 e. The normalized spacial score (nSPS) is 14.3. The van der Waals surface area contributed by atoms with Crippen molar-refractivity contribution in [3.63, 3.8) is 0 Å². The first-order chi connectivity index (χ1) is 13.6. The van der Waals surface area contributed by atoms with Gasteiger partial charge in [0.2, 0.25) is 0 Å². The zero-order valence-corrected chi connectivity index (χ0v) is 15.9. The molecule has 6 heteroatoms. The van der Waals surface area contributed by atoms with E-state index in [4.69, 9.17) is 20.6 Å². The second-order valence-corrected chi connectivity index (χ2v) is 6.95. The molecule has 0 aliphatic heterocycles. The molecule has 6 nitrogen and oxygen atoms in total. The summed E-state index contributed by atoms with van der Waals surface area (Å²) >= 11 is 0. The van der Waals surface area contributed by atoms with Crippen LogP contribution < -0.4 is 20.5 Å². The van der Waals surface area contributed by atoms with Crippen LogP contribution >= 0.6 is 0 Å². The summed E-state index contributed by atoms with van der Waals surface area (Å²) in [6, 6.07) is 14.3. The van der Waals surface area contributed by atoms with Crippen molar-refractivity contribution in [3.8, 4) is 11.5 Å². The predicted octanol–water partition coefficient (Wildman–Crippen LogP) is 3.49. The third kappa shape index (κ3) is 5.74. The summed E-state index contributed by atoms with van der Waals surface area (Å²) in [4.78, 5) is 12.2. The van der Waals surface area contributed by atoms with E-state index in [1.54, 1.807) is 36.4 Å². The molecule has 0 atom stereocenters. The third-order valence-corrected chi connectivity index (χ3v) is 4.77. The average molecular weight is 381 g/mol. The van der Waals surface area contributed by atoms with Gasteiger partial charge < -0.3 is 20.5 Å². The van der Waals surface area contributed by atoms with Crippen LogP contribution in [0.3, 0.4) is 0 Å². The molecule has 0 spiro atoms. The molecule has 0 unspecified atom stereocenters. The standard InChI is InChI=1S/C22H27N3O3/c23-21(24)17-5-4-8-20(15-17)27-14-13-25-22(26)16-9-11-19(12-10-16)28-18-6-2-1-3-7-18/h4-5,8-12,15,18H,1-3,6-7,13-14H2,(H3,23,24)(H,25,26). The van der Waals surface area contributed by atoms with Crippen LogP contribution in [0.4, 0.5) is 0 Å². The summed E-state index contributed by atoms with van der Waals surface area (Å²) in [5.74, 6) is 1.28. The van der Waals surface area contributed by atoms with Crippen molar-refractivity contribution in [2.45, 2.75) is 38.2 Å². The lowest BCUT2D eigenvalue weighted by molar-refractivity contribution is 0.0947. The number of ether oxygens (including phenoxy) is 2. The van der Waals surface area contributed by atoms with Crippen molar-refractivity contribution in [1.29, 1.82) is 5.41 Å². The molecule has 1 saturated carbocycles. The molecule has 2 aromatic carbocycles. The van der Waals surface area contributed by atoms with E-state index in [0.717, 1.165) is 18.6 Å². The highest BCUT2D eigenvalue weighted by molar-refractivity contribution is 5.95. The summed E-state index contributed by atoms with van der Waals surface area (Å²) in [5.41, 5.74) is 6.67. The number of carbonyl (C=O) groups excluding carboxylic acids is 1. The van der Waals surface area contributed by atoms with Gasteiger partial charge in [0.25, 0.3) is 5.91 Å². The summed E-state index contributed by atoms with van der Waals surface area (Å²) < 4.78 is 11.6. The van der Waals surface area contributed by atoms with Gasteiger partial charge in [-0.15, -0.1) is 0 Å². The molecule has 1 aliphatic rings. The van der Waals surface area contributed by atoms with Crippen LogP contribution in [0.25, 0.3) is 0 Å². The molecular weight excluding hydrogens is 354 g/mol. The fourth-order valence-electron chi connectivity index (χ4n) is 3.25. The van der Waals surface area contributed by atoms with Crippen LogP contribution in [0.5, 0.6) is 11.5 Å². The van der Waals surface area contributed by atoms with Gasteiger partial charge in [0.15, 0.2) is 0 Å². The fourth-order valence-corrected chi connectivity index (χ4v) is 3.25. The molecule has 4 N–H and O–H groups in total. The number of rotatable bonds is 8. The maximum absolute atomic E-state index is 12.2. The molecule has 0 saturated heterocycles. The van der Waals surface area contributed by atoms with Crippen molar-refractivity contribution in [1.82, 2.24) is 5.32 Å². The molecule has 1 fully saturated rings. The van der Waals surface area contributed by atoms with E-state index in [0.29, 0.717) is 36.1 Å². The van der Waals surface area contributed by atoms with Gasteiger partial charge in [0.05, 0.1) is 12.6 Å². The van der Waals surface area contributed by atoms with E-state index >= 15 is 0 Å². The summed E-state index contributed by atoms with van der Waals surface area (Å²) in [6.45, 7) is 0.708. The fraction of sp³-hybridized carbons (Fsp3) is 0.364. The van der Waals surface area contributed by atoms with Gasteiger partial charge in [-0.3, -0.25) is 10.2 Å². The maximum atomic E-state index is 12.2. The van der Waals surface area contributed by atoms with Gasteiger partial charge in [0, 0.05) is 11.1 Å². The lowest BCUT2D eigenvalue weighted by Gasteiger charge is -2.23. The molecule has 1 aliphatic carbocycles. The van der Waals surface area contributed by atoms with Crippen LogP contribution in [0, 0.1) is 5.41 Å². The second-order valence-electron chi connectivity index (χ2n) is 6.95. The molecular formula is C22H27N3O3. The first-order valence-electron chi connectivity index (χ1n) is 9.74.